The maximum atomic E-state index is 11.6. The van der Waals surface area contributed by atoms with Gasteiger partial charge in [-0.3, -0.25) is 4.18 Å². The fourth-order valence-electron chi connectivity index (χ4n) is 1.79. The molecule has 1 fully saturated rings. The Labute approximate surface area is 96.1 Å². The Kier molecular flexibility index (Phi) is 3.28. The van der Waals surface area contributed by atoms with Gasteiger partial charge in [0.2, 0.25) is 0 Å². The van der Waals surface area contributed by atoms with Crippen LogP contribution in [-0.4, -0.2) is 25.4 Å². The molecule has 0 N–H and O–H groups in total. The fraction of sp³-hybridized carbons (Fsp3) is 0.455. The molecule has 4 nitrogen and oxygen atoms in total. The van der Waals surface area contributed by atoms with Crippen molar-refractivity contribution in [3.63, 3.8) is 0 Å². The van der Waals surface area contributed by atoms with Crippen molar-refractivity contribution in [3.8, 4) is 0 Å². The van der Waals surface area contributed by atoms with Crippen LogP contribution in [0.4, 0.5) is 0 Å². The first-order valence-corrected chi connectivity index (χ1v) is 6.70. The molecule has 1 aromatic rings. The van der Waals surface area contributed by atoms with Crippen LogP contribution in [0.2, 0.25) is 0 Å². The summed E-state index contributed by atoms with van der Waals surface area (Å²) >= 11 is 0. The van der Waals surface area contributed by atoms with Crippen molar-refractivity contribution in [3.05, 3.63) is 35.9 Å². The Hall–Kier alpha value is -0.910. The molecule has 2 rings (SSSR count). The zero-order valence-corrected chi connectivity index (χ0v) is 9.98. The molecule has 1 aliphatic heterocycles. The van der Waals surface area contributed by atoms with Gasteiger partial charge in [-0.15, -0.1) is 0 Å². The summed E-state index contributed by atoms with van der Waals surface area (Å²) < 4.78 is 29.5. The monoisotopic (exact) mass is 241 g/mol. The molecule has 1 aliphatic rings. The summed E-state index contributed by atoms with van der Waals surface area (Å²) in [5.41, 5.74) is 0.982. The minimum absolute atomic E-state index is 0.0368. The van der Waals surface area contributed by atoms with E-state index in [1.165, 1.54) is 4.31 Å². The summed E-state index contributed by atoms with van der Waals surface area (Å²) in [6.07, 6.45) is 0.770. The minimum Gasteiger partial charge on any atom is -0.256 e. The highest BCUT2D eigenvalue weighted by Crippen LogP contribution is 2.23. The Morgan fingerprint density at radius 2 is 2.06 bits per heavy atom. The van der Waals surface area contributed by atoms with Gasteiger partial charge in [0.15, 0.2) is 0 Å². The van der Waals surface area contributed by atoms with Crippen LogP contribution in [0, 0.1) is 0 Å². The Bertz CT molecular complexity index is 444. The van der Waals surface area contributed by atoms with Crippen LogP contribution in [0.15, 0.2) is 30.3 Å². The first kappa shape index (κ1) is 11.6. The van der Waals surface area contributed by atoms with Gasteiger partial charge in [-0.05, 0) is 12.0 Å². The van der Waals surface area contributed by atoms with Gasteiger partial charge >= 0.3 is 10.3 Å². The van der Waals surface area contributed by atoms with E-state index in [9.17, 15) is 8.42 Å². The highest BCUT2D eigenvalue weighted by molar-refractivity contribution is 7.84. The summed E-state index contributed by atoms with van der Waals surface area (Å²) in [7, 11) is -3.51. The molecule has 0 bridgehead atoms. The number of benzene rings is 1. The van der Waals surface area contributed by atoms with E-state index in [1.54, 1.807) is 0 Å². The van der Waals surface area contributed by atoms with Crippen LogP contribution in [-0.2, 0) is 21.0 Å². The molecular weight excluding hydrogens is 226 g/mol. The van der Waals surface area contributed by atoms with E-state index in [4.69, 9.17) is 4.18 Å². The molecular formula is C11H15NO3S. The molecule has 0 amide bonds. The van der Waals surface area contributed by atoms with E-state index in [0.29, 0.717) is 6.54 Å². The first-order valence-electron chi connectivity index (χ1n) is 5.33. The lowest BCUT2D eigenvalue weighted by molar-refractivity contribution is 0.300. The molecule has 1 aromatic carbocycles. The second-order valence-corrected chi connectivity index (χ2v) is 5.40. The summed E-state index contributed by atoms with van der Waals surface area (Å²) in [5, 5.41) is 0. The van der Waals surface area contributed by atoms with Crippen LogP contribution < -0.4 is 0 Å². The molecule has 1 atom stereocenters. The van der Waals surface area contributed by atoms with Crippen molar-refractivity contribution in [2.24, 2.45) is 0 Å². The van der Waals surface area contributed by atoms with Gasteiger partial charge in [0.1, 0.15) is 0 Å². The molecule has 0 aliphatic carbocycles. The fourth-order valence-corrected chi connectivity index (χ4v) is 3.14. The van der Waals surface area contributed by atoms with E-state index in [2.05, 4.69) is 0 Å². The third kappa shape index (κ3) is 2.26. The minimum atomic E-state index is -3.51. The van der Waals surface area contributed by atoms with E-state index >= 15 is 0 Å². The molecule has 0 unspecified atom stereocenters. The van der Waals surface area contributed by atoms with Gasteiger partial charge in [0.25, 0.3) is 0 Å². The van der Waals surface area contributed by atoms with Crippen LogP contribution in [0.1, 0.15) is 18.9 Å². The van der Waals surface area contributed by atoms with Crippen molar-refractivity contribution in [2.75, 3.05) is 6.61 Å². The number of hydrogen-bond donors (Lipinski definition) is 0. The van der Waals surface area contributed by atoms with Gasteiger partial charge in [-0.1, -0.05) is 37.3 Å². The van der Waals surface area contributed by atoms with Crippen LogP contribution in [0.5, 0.6) is 0 Å². The smallest absolute Gasteiger partial charge is 0.256 e. The molecule has 5 heteroatoms. The highest BCUT2D eigenvalue weighted by atomic mass is 32.2. The second-order valence-electron chi connectivity index (χ2n) is 3.84. The summed E-state index contributed by atoms with van der Waals surface area (Å²) in [6, 6.07) is 9.52. The molecule has 0 spiro atoms. The molecule has 0 radical (unpaired) electrons. The zero-order chi connectivity index (χ0) is 11.6. The van der Waals surface area contributed by atoms with Crippen molar-refractivity contribution in [1.29, 1.82) is 0 Å². The average Bonchev–Trinajstić information content (AvgIpc) is 2.56. The standard InChI is InChI=1S/C11H15NO3S/c1-2-11-9-15-16(13,14)12(11)8-10-6-4-3-5-7-10/h3-7,11H,2,8-9H2,1H3/t11-/m0/s1. The Balaban J connectivity index is 2.19. The van der Waals surface area contributed by atoms with E-state index < -0.39 is 10.3 Å². The quantitative estimate of drug-likeness (QED) is 0.806. The molecule has 88 valence electrons. The molecule has 16 heavy (non-hydrogen) atoms. The van der Waals surface area contributed by atoms with Gasteiger partial charge in [-0.25, -0.2) is 0 Å². The van der Waals surface area contributed by atoms with Crippen molar-refractivity contribution in [1.82, 2.24) is 4.31 Å². The normalized spacial score (nSPS) is 24.7. The predicted octanol–water partition coefficient (Wildman–Crippen LogP) is 1.54. The van der Waals surface area contributed by atoms with Gasteiger partial charge in [-0.2, -0.15) is 12.7 Å². The maximum Gasteiger partial charge on any atom is 0.339 e. The molecule has 1 heterocycles. The largest absolute Gasteiger partial charge is 0.339 e. The van der Waals surface area contributed by atoms with Crippen molar-refractivity contribution >= 4 is 10.3 Å². The Morgan fingerprint density at radius 3 is 2.69 bits per heavy atom. The topological polar surface area (TPSA) is 46.6 Å². The SMILES string of the molecule is CC[C@H]1COS(=O)(=O)N1Cc1ccccc1. The van der Waals surface area contributed by atoms with Gasteiger partial charge in [0.05, 0.1) is 12.6 Å². The maximum absolute atomic E-state index is 11.6. The van der Waals surface area contributed by atoms with Crippen LogP contribution in [0.25, 0.3) is 0 Å². The second kappa shape index (κ2) is 4.53. The van der Waals surface area contributed by atoms with Crippen LogP contribution in [0.3, 0.4) is 0 Å². The molecule has 1 saturated heterocycles. The number of nitrogens with zero attached hydrogens (tertiary/aromatic N) is 1. The summed E-state index contributed by atoms with van der Waals surface area (Å²) in [6.45, 7) is 2.63. The summed E-state index contributed by atoms with van der Waals surface area (Å²) in [5.74, 6) is 0. The van der Waals surface area contributed by atoms with E-state index in [0.717, 1.165) is 12.0 Å². The van der Waals surface area contributed by atoms with Crippen molar-refractivity contribution < 1.29 is 12.6 Å². The number of rotatable bonds is 3. The lowest BCUT2D eigenvalue weighted by Gasteiger charge is -2.18. The predicted molar refractivity (Wildman–Crippen MR) is 60.9 cm³/mol. The Morgan fingerprint density at radius 1 is 1.38 bits per heavy atom. The first-order chi connectivity index (χ1) is 7.63. The molecule has 0 aromatic heterocycles. The van der Waals surface area contributed by atoms with Crippen LogP contribution >= 0.6 is 0 Å². The van der Waals surface area contributed by atoms with Crippen molar-refractivity contribution in [2.45, 2.75) is 25.9 Å². The lowest BCUT2D eigenvalue weighted by atomic mass is 10.2. The van der Waals surface area contributed by atoms with Gasteiger partial charge in [0, 0.05) is 6.54 Å². The lowest BCUT2D eigenvalue weighted by Crippen LogP contribution is -2.32. The third-order valence-corrected chi connectivity index (χ3v) is 4.19. The average molecular weight is 241 g/mol. The highest BCUT2D eigenvalue weighted by Gasteiger charge is 2.37. The number of hydrogen-bond acceptors (Lipinski definition) is 3. The zero-order valence-electron chi connectivity index (χ0n) is 9.17. The van der Waals surface area contributed by atoms with E-state index in [1.807, 2.05) is 37.3 Å². The van der Waals surface area contributed by atoms with E-state index in [-0.39, 0.29) is 12.6 Å². The molecule has 0 saturated carbocycles. The van der Waals surface area contributed by atoms with Gasteiger partial charge < -0.3 is 0 Å². The third-order valence-electron chi connectivity index (χ3n) is 2.76. The summed E-state index contributed by atoms with van der Waals surface area (Å²) in [4.78, 5) is 0.